The predicted octanol–water partition coefficient (Wildman–Crippen LogP) is 17.4. The standard InChI is InChI=1S/2C5H6N2.2C5H9N.4C4H5N3.C4H7N2.2C4H8N2.C4H7N2.10C2H6.2Y/c1-5-2-3-6-7-4-5;1-5-3-2-4-6-7-5;2*1-5-3-2-4-6-5;1-4-6-2-5-3-7-4;1-4-2-6-7-3-5-4;1-4-2-5-3-6-7-4;1-4-5-2-3-6-7-4;1-4-2-5-6-3-4;1-6-3-2-5-4-6;1-6-4-2-3-5-6;1-4-2-3-5-6-4;10*1-2;;/h2*2-4H,1H3;2*2-4H2,1H3;4*2-3H,1H3;2,4H,3H2,1H3;4H,2-3H2,1H3;3H,2,4H2,1H3;2-3H2,1H3;10*1-2H3;;/q;;;;;;;;-1;;;-1;;;;;;;;;;;;. The molecule has 0 aromatic carbocycles. The van der Waals surface area contributed by atoms with E-state index in [9.17, 15) is 0 Å². The number of hydrazone groups is 1. The maximum atomic E-state index is 4.15. The van der Waals surface area contributed by atoms with E-state index in [1.165, 1.54) is 62.4 Å². The molecule has 0 fully saturated rings. The molecule has 1 atom stereocenters. The van der Waals surface area contributed by atoms with E-state index in [1.54, 1.807) is 50.3 Å². The average molecular weight is 1550 g/mol. The monoisotopic (exact) mass is 1550 g/mol. The molecule has 6 aliphatic rings. The van der Waals surface area contributed by atoms with E-state index >= 15 is 0 Å². The number of aromatic nitrogens is 16. The first kappa shape index (κ1) is 121. The maximum absolute atomic E-state index is 4.15. The molecule has 566 valence electrons. The van der Waals surface area contributed by atoms with Crippen molar-refractivity contribution in [3.63, 3.8) is 0 Å². The van der Waals surface area contributed by atoms with Gasteiger partial charge in [-0.3, -0.25) is 15.0 Å². The van der Waals surface area contributed by atoms with Gasteiger partial charge < -0.3 is 31.0 Å². The number of aliphatic imine (C=N–C) groups is 3. The summed E-state index contributed by atoms with van der Waals surface area (Å²) in [5.74, 6) is 2.06. The van der Waals surface area contributed by atoms with Gasteiger partial charge in [0.15, 0.2) is 0 Å². The molecule has 2 radical (unpaired) electrons. The summed E-state index contributed by atoms with van der Waals surface area (Å²) in [6.07, 6.45) is 30.2. The van der Waals surface area contributed by atoms with Gasteiger partial charge in [0, 0.05) is 148 Å². The van der Waals surface area contributed by atoms with Crippen molar-refractivity contribution in [2.24, 2.45) is 36.2 Å². The van der Waals surface area contributed by atoms with Gasteiger partial charge in [-0.15, -0.1) is 28.4 Å². The SMILES string of the molecule is CC.CC.CC.CC.CC.CC.CC.CC.CC.CC.CC1=NCCC1.CC1=NCCC1.CC1=N[N-]CC1.CC1C=N[N-]C1.CN1C=NCC1.CN1CCC=N1.Cc1cccnn1.Cc1ccnnc1.Cc1cncnn1.Cc1cnncn1.Cc1nccnn1.Cc1ncncn1.[Y].[Y]. The number of hydrogen-bond donors (Lipinski definition) is 0. The Balaban J connectivity index is -0.0000000824. The van der Waals surface area contributed by atoms with Crippen LogP contribution >= 0.6 is 0 Å². The Kier molecular flexibility index (Phi) is 134. The van der Waals surface area contributed by atoms with Crippen LogP contribution in [0, 0.1) is 47.5 Å². The zero-order valence-electron chi connectivity index (χ0n) is 68.9. The maximum Gasteiger partial charge on any atom is 0.147 e. The third-order valence-electron chi connectivity index (χ3n) is 9.34. The third-order valence-corrected chi connectivity index (χ3v) is 9.34. The van der Waals surface area contributed by atoms with Gasteiger partial charge in [0.05, 0.1) is 54.8 Å². The molecule has 0 saturated carbocycles. The quantitative estimate of drug-likeness (QED) is 0.136. The van der Waals surface area contributed by atoms with E-state index in [4.69, 9.17) is 0 Å². The van der Waals surface area contributed by atoms with Gasteiger partial charge in [-0.2, -0.15) is 40.8 Å². The Morgan fingerprint density at radius 3 is 1.18 bits per heavy atom. The van der Waals surface area contributed by atoms with Crippen molar-refractivity contribution in [2.45, 2.75) is 246 Å². The van der Waals surface area contributed by atoms with Gasteiger partial charge in [-0.05, 0) is 136 Å². The van der Waals surface area contributed by atoms with Crippen molar-refractivity contribution in [2.75, 3.05) is 59.9 Å². The Bertz CT molecular complexity index is 2120. The summed E-state index contributed by atoms with van der Waals surface area (Å²) in [6.45, 7) is 66.6. The van der Waals surface area contributed by atoms with Crippen molar-refractivity contribution in [3.05, 3.63) is 132 Å². The molecule has 12 heterocycles. The van der Waals surface area contributed by atoms with E-state index in [-0.39, 0.29) is 65.4 Å². The van der Waals surface area contributed by atoms with Crippen molar-refractivity contribution in [3.8, 4) is 0 Å². The number of likely N-dealkylation sites (N-methyl/N-ethyl adjacent to an activating group) is 1. The second-order valence-electron chi connectivity index (χ2n) is 17.1. The summed E-state index contributed by atoms with van der Waals surface area (Å²) in [5.41, 5.74) is 15.2. The topological polar surface area (TPSA) is 315 Å². The van der Waals surface area contributed by atoms with Gasteiger partial charge in [0.25, 0.3) is 0 Å². The van der Waals surface area contributed by atoms with Crippen molar-refractivity contribution in [1.82, 2.24) is 90.8 Å². The van der Waals surface area contributed by atoms with Crippen molar-refractivity contribution in [1.29, 1.82) is 0 Å². The van der Waals surface area contributed by atoms with Crippen LogP contribution in [0.5, 0.6) is 0 Å². The molecular weight excluding hydrogens is 1410 g/mol. The molecule has 0 aliphatic carbocycles. The zero-order valence-corrected chi connectivity index (χ0v) is 74.5. The smallest absolute Gasteiger partial charge is 0.147 e. The Morgan fingerprint density at radius 2 is 1.01 bits per heavy atom. The molecule has 28 heteroatoms. The Morgan fingerprint density at radius 1 is 0.450 bits per heavy atom. The third kappa shape index (κ3) is 108. The molecule has 0 N–H and O–H groups in total. The molecule has 0 amide bonds. The van der Waals surface area contributed by atoms with Crippen LogP contribution in [0.3, 0.4) is 0 Å². The second kappa shape index (κ2) is 111. The van der Waals surface area contributed by atoms with Crippen LogP contribution in [0.2, 0.25) is 0 Å². The molecule has 0 bridgehead atoms. The second-order valence-corrected chi connectivity index (χ2v) is 17.1. The Labute approximate surface area is 661 Å². The number of hydrogen-bond acceptors (Lipinski definition) is 24. The summed E-state index contributed by atoms with van der Waals surface area (Å²) in [6, 6.07) is 5.68. The first-order valence-electron chi connectivity index (χ1n) is 35.4. The first-order valence-corrected chi connectivity index (χ1v) is 35.4. The summed E-state index contributed by atoms with van der Waals surface area (Å²) in [4.78, 5) is 36.8. The molecule has 1 unspecified atom stereocenters. The van der Waals surface area contributed by atoms with Crippen LogP contribution in [-0.4, -0.2) is 187 Å². The van der Waals surface area contributed by atoms with Gasteiger partial charge >= 0.3 is 0 Å². The molecule has 6 aliphatic heterocycles. The number of aryl methyl sites for hydroxylation is 6. The normalized spacial score (nSPS) is 12.2. The van der Waals surface area contributed by atoms with Gasteiger partial charge in [-0.25, -0.2) is 29.9 Å². The van der Waals surface area contributed by atoms with Crippen LogP contribution in [0.4, 0.5) is 0 Å². The molecule has 26 nitrogen and oxygen atoms in total. The fraction of sp³-hybridized carbons (Fsp3) is 0.639. The number of nitrogens with zero attached hydrogens (tertiary/aromatic N) is 26. The van der Waals surface area contributed by atoms with E-state index in [0.29, 0.717) is 11.7 Å². The molecule has 6 aromatic rings. The number of rotatable bonds is 0. The Hall–Kier alpha value is -6.37. The van der Waals surface area contributed by atoms with Crippen LogP contribution < -0.4 is 0 Å². The van der Waals surface area contributed by atoms with Gasteiger partial charge in [0.2, 0.25) is 0 Å². The van der Waals surface area contributed by atoms with E-state index in [1.807, 2.05) is 236 Å². The van der Waals surface area contributed by atoms with Crippen molar-refractivity contribution < 1.29 is 65.4 Å². The fourth-order valence-corrected chi connectivity index (χ4v) is 5.11. The molecule has 12 rings (SSSR count). The minimum absolute atomic E-state index is 0. The average Bonchev–Trinajstić information content (AvgIpc) is 3.66. The first-order chi connectivity index (χ1) is 47.7. The van der Waals surface area contributed by atoms with Crippen molar-refractivity contribution >= 4 is 35.9 Å². The molecule has 0 spiro atoms. The van der Waals surface area contributed by atoms with Gasteiger partial charge in [-0.1, -0.05) is 145 Å². The van der Waals surface area contributed by atoms with Crippen LogP contribution in [-0.2, 0) is 65.4 Å². The van der Waals surface area contributed by atoms with Gasteiger partial charge in [0.1, 0.15) is 37.0 Å². The van der Waals surface area contributed by atoms with Crippen LogP contribution in [0.25, 0.3) is 10.9 Å². The minimum atomic E-state index is 0. The summed E-state index contributed by atoms with van der Waals surface area (Å²) >= 11 is 0. The molecule has 6 aromatic heterocycles. The minimum Gasteiger partial charge on any atom is -0.602 e. The summed E-state index contributed by atoms with van der Waals surface area (Å²) in [5, 5.41) is 49.3. The van der Waals surface area contributed by atoms with Crippen LogP contribution in [0.15, 0.2) is 117 Å². The predicted molar refractivity (Wildman–Crippen MR) is 423 cm³/mol. The summed E-state index contributed by atoms with van der Waals surface area (Å²) < 4.78 is 0. The molecule has 100 heavy (non-hydrogen) atoms. The molecular formula is C72H140N26Y2-2. The zero-order chi connectivity index (χ0) is 77.1. The van der Waals surface area contributed by atoms with E-state index < -0.39 is 0 Å². The van der Waals surface area contributed by atoms with E-state index in [0.717, 1.165) is 92.8 Å². The molecule has 0 saturated heterocycles. The van der Waals surface area contributed by atoms with E-state index in [2.05, 4.69) is 148 Å². The van der Waals surface area contributed by atoms with Crippen LogP contribution in [0.1, 0.15) is 239 Å². The summed E-state index contributed by atoms with van der Waals surface area (Å²) in [7, 11) is 4.00. The largest absolute Gasteiger partial charge is 0.602 e. The fourth-order valence-electron chi connectivity index (χ4n) is 5.11.